The number of alkyl halides is 3. The quantitative estimate of drug-likeness (QED) is 0.175. The fraction of sp³-hybridized carbons (Fsp3) is 0.484. The van der Waals surface area contributed by atoms with Crippen LogP contribution < -0.4 is 15.4 Å². The molecule has 254 valence electrons. The number of fused-ring (bicyclic) bond motifs is 1. The number of benzene rings is 1. The Morgan fingerprint density at radius 2 is 1.74 bits per heavy atom. The number of aliphatic hydroxyl groups is 1. The molecule has 0 bridgehead atoms. The monoisotopic (exact) mass is 678 g/mol. The van der Waals surface area contributed by atoms with Crippen molar-refractivity contribution >= 4 is 36.6 Å². The van der Waals surface area contributed by atoms with Crippen LogP contribution in [0.1, 0.15) is 78.2 Å². The molecule has 1 fully saturated rings. The first kappa shape index (κ1) is 34.6. The predicted octanol–water partition coefficient (Wildman–Crippen LogP) is 6.76. The maximum absolute atomic E-state index is 14.2. The zero-order valence-corrected chi connectivity index (χ0v) is 27.5. The Morgan fingerprint density at radius 1 is 1.04 bits per heavy atom. The van der Waals surface area contributed by atoms with Crippen LogP contribution in [0.5, 0.6) is 5.75 Å². The van der Waals surface area contributed by atoms with E-state index in [1.807, 2.05) is 6.07 Å². The second-order valence-corrected chi connectivity index (χ2v) is 13.5. The van der Waals surface area contributed by atoms with Crippen molar-refractivity contribution in [3.8, 4) is 5.75 Å². The van der Waals surface area contributed by atoms with E-state index in [-0.39, 0.29) is 60.4 Å². The van der Waals surface area contributed by atoms with Gasteiger partial charge in [0.25, 0.3) is 5.91 Å². The number of pyridine rings is 1. The molecule has 1 saturated carbocycles. The number of carbonyl (C=O) groups is 1. The zero-order chi connectivity index (χ0) is 33.9. The number of hydrogen-bond donors (Lipinski definition) is 3. The van der Waals surface area contributed by atoms with Crippen molar-refractivity contribution in [3.63, 3.8) is 0 Å². The lowest BCUT2D eigenvalue weighted by atomic mass is 9.80. The largest absolute Gasteiger partial charge is 0.494 e. The molecule has 12 nitrogen and oxygen atoms in total. The van der Waals surface area contributed by atoms with Crippen molar-refractivity contribution in [3.05, 3.63) is 58.5 Å². The number of anilines is 4. The molecule has 0 radical (unpaired) electrons. The van der Waals surface area contributed by atoms with Gasteiger partial charge in [0, 0.05) is 25.9 Å². The van der Waals surface area contributed by atoms with E-state index in [0.717, 1.165) is 24.0 Å². The molecule has 3 N–H and O–H groups in total. The highest BCUT2D eigenvalue weighted by Crippen LogP contribution is 2.51. The van der Waals surface area contributed by atoms with E-state index in [4.69, 9.17) is 13.8 Å². The number of halogens is 3. The fourth-order valence-electron chi connectivity index (χ4n) is 5.99. The Hall–Kier alpha value is -3.78. The number of ether oxygens (including phenoxy) is 1. The summed E-state index contributed by atoms with van der Waals surface area (Å²) in [7, 11) is -0.420. The number of methoxy groups -OCH3 is 1. The molecular formula is C31H38F3N6O6P. The molecule has 1 aliphatic carbocycles. The standard InChI is InChI=1S/C31H38F3N6O6P/c1-5-45-47(43,46-6-2)17-19-13-26(44-4)25(15-35-19)38-30-36-14-23(31(32,33)34)28(39-30)37-24-12-11-21(18-7-9-20(41)10-8-18)22-16-40(3)29(42)27(22)24/h11-15,18,20,41H,5-10,16-17H2,1-4H3,(H2,36,37,38,39)/t18-,20-. The Kier molecular flexibility index (Phi) is 10.4. The van der Waals surface area contributed by atoms with E-state index in [2.05, 4.69) is 25.6 Å². The highest BCUT2D eigenvalue weighted by Gasteiger charge is 2.37. The third kappa shape index (κ3) is 7.69. The molecule has 0 saturated heterocycles. The summed E-state index contributed by atoms with van der Waals surface area (Å²) in [4.78, 5) is 27.1. The van der Waals surface area contributed by atoms with Crippen LogP contribution in [0.2, 0.25) is 0 Å². The molecule has 47 heavy (non-hydrogen) atoms. The highest BCUT2D eigenvalue weighted by molar-refractivity contribution is 7.53. The second-order valence-electron chi connectivity index (χ2n) is 11.4. The van der Waals surface area contributed by atoms with E-state index in [1.54, 1.807) is 27.0 Å². The molecule has 1 aromatic carbocycles. The number of rotatable bonds is 12. The number of amides is 1. The number of aromatic nitrogens is 3. The van der Waals surface area contributed by atoms with Crippen molar-refractivity contribution in [2.45, 2.75) is 70.4 Å². The number of aliphatic hydroxyl groups excluding tert-OH is 1. The van der Waals surface area contributed by atoms with Crippen molar-refractivity contribution < 1.29 is 41.4 Å². The van der Waals surface area contributed by atoms with Gasteiger partial charge >= 0.3 is 13.8 Å². The Balaban J connectivity index is 1.46. The summed E-state index contributed by atoms with van der Waals surface area (Å²) in [5.41, 5.74) is 1.70. The van der Waals surface area contributed by atoms with Gasteiger partial charge in [-0.3, -0.25) is 14.3 Å². The maximum Gasteiger partial charge on any atom is 0.421 e. The summed E-state index contributed by atoms with van der Waals surface area (Å²) < 4.78 is 71.6. The number of nitrogens with one attached hydrogen (secondary N) is 2. The lowest BCUT2D eigenvalue weighted by Gasteiger charge is -2.27. The van der Waals surface area contributed by atoms with Crippen LogP contribution in [0.15, 0.2) is 30.6 Å². The first-order valence-electron chi connectivity index (χ1n) is 15.3. The topological polar surface area (TPSA) is 148 Å². The maximum atomic E-state index is 14.2. The van der Waals surface area contributed by atoms with Crippen LogP contribution in [0.4, 0.5) is 36.3 Å². The average Bonchev–Trinajstić information content (AvgIpc) is 3.32. The van der Waals surface area contributed by atoms with Crippen LogP contribution in [0, 0.1) is 0 Å². The van der Waals surface area contributed by atoms with Gasteiger partial charge in [0.15, 0.2) is 0 Å². The summed E-state index contributed by atoms with van der Waals surface area (Å²) in [5, 5.41) is 15.6. The van der Waals surface area contributed by atoms with Gasteiger partial charge in [0.05, 0.1) is 55.7 Å². The molecule has 3 aromatic rings. The normalized spacial score (nSPS) is 18.3. The number of hydrogen-bond acceptors (Lipinski definition) is 11. The van der Waals surface area contributed by atoms with Crippen LogP contribution >= 0.6 is 7.60 Å². The predicted molar refractivity (Wildman–Crippen MR) is 168 cm³/mol. The average molecular weight is 679 g/mol. The number of nitrogens with zero attached hydrogens (tertiary/aromatic N) is 4. The molecule has 0 unspecified atom stereocenters. The van der Waals surface area contributed by atoms with Crippen LogP contribution in [0.3, 0.4) is 0 Å². The molecule has 2 aliphatic rings. The van der Waals surface area contributed by atoms with Gasteiger partial charge in [-0.05, 0) is 62.6 Å². The van der Waals surface area contributed by atoms with Gasteiger partial charge in [-0.25, -0.2) is 4.98 Å². The minimum Gasteiger partial charge on any atom is -0.494 e. The van der Waals surface area contributed by atoms with E-state index < -0.39 is 25.2 Å². The van der Waals surface area contributed by atoms with Crippen molar-refractivity contribution in [2.75, 3.05) is 38.0 Å². The van der Waals surface area contributed by atoms with E-state index >= 15 is 0 Å². The van der Waals surface area contributed by atoms with E-state index in [1.165, 1.54) is 24.3 Å². The summed E-state index contributed by atoms with van der Waals surface area (Å²) in [6, 6.07) is 4.97. The molecule has 2 aromatic heterocycles. The Morgan fingerprint density at radius 3 is 2.38 bits per heavy atom. The van der Waals surface area contributed by atoms with Gasteiger partial charge < -0.3 is 34.4 Å². The van der Waals surface area contributed by atoms with Crippen LogP contribution in [-0.2, 0) is 32.5 Å². The Labute approximate surface area is 270 Å². The third-order valence-corrected chi connectivity index (χ3v) is 10.2. The van der Waals surface area contributed by atoms with Gasteiger partial charge in [0.2, 0.25) is 5.95 Å². The third-order valence-electron chi connectivity index (χ3n) is 8.19. The van der Waals surface area contributed by atoms with E-state index in [9.17, 15) is 27.6 Å². The first-order valence-corrected chi connectivity index (χ1v) is 17.1. The zero-order valence-electron chi connectivity index (χ0n) is 26.6. The number of carbonyl (C=O) groups excluding carboxylic acids is 1. The molecule has 1 aliphatic heterocycles. The smallest absolute Gasteiger partial charge is 0.421 e. The molecule has 5 rings (SSSR count). The minimum atomic E-state index is -4.80. The first-order chi connectivity index (χ1) is 22.4. The van der Waals surface area contributed by atoms with Crippen LogP contribution in [-0.4, -0.2) is 64.3 Å². The van der Waals surface area contributed by atoms with Crippen molar-refractivity contribution in [1.82, 2.24) is 19.9 Å². The molecule has 0 atom stereocenters. The highest BCUT2D eigenvalue weighted by atomic mass is 31.2. The molecular weight excluding hydrogens is 640 g/mol. The SMILES string of the molecule is CCOP(=O)(Cc1cc(OC)c(Nc2ncc(C(F)(F)F)c(Nc3ccc([C@H]4CC[C@H](O)CC4)c4c3C(=O)N(C)C4)n2)cn1)OCC. The molecule has 3 heterocycles. The lowest BCUT2D eigenvalue weighted by Crippen LogP contribution is -2.18. The lowest BCUT2D eigenvalue weighted by molar-refractivity contribution is -0.137. The van der Waals surface area contributed by atoms with Crippen molar-refractivity contribution in [1.29, 1.82) is 0 Å². The van der Waals surface area contributed by atoms with Gasteiger partial charge in [-0.15, -0.1) is 0 Å². The van der Waals surface area contributed by atoms with Gasteiger partial charge in [0.1, 0.15) is 22.8 Å². The minimum absolute atomic E-state index is 0.115. The van der Waals surface area contributed by atoms with E-state index in [0.29, 0.717) is 36.8 Å². The molecule has 0 spiro atoms. The summed E-state index contributed by atoms with van der Waals surface area (Å²) >= 11 is 0. The van der Waals surface area contributed by atoms with Gasteiger partial charge in [-0.1, -0.05) is 6.07 Å². The van der Waals surface area contributed by atoms with Gasteiger partial charge in [-0.2, -0.15) is 18.2 Å². The summed E-state index contributed by atoms with van der Waals surface area (Å²) in [6.45, 7) is 4.08. The fourth-order valence-corrected chi connectivity index (χ4v) is 7.61. The second kappa shape index (κ2) is 14.1. The van der Waals surface area contributed by atoms with Crippen LogP contribution in [0.25, 0.3) is 0 Å². The Bertz CT molecular complexity index is 1660. The summed E-state index contributed by atoms with van der Waals surface area (Å²) in [5.74, 6) is -0.674. The molecule has 1 amide bonds. The summed E-state index contributed by atoms with van der Waals surface area (Å²) in [6.07, 6.45) is -0.432. The molecule has 16 heteroatoms. The van der Waals surface area contributed by atoms with Crippen molar-refractivity contribution in [2.24, 2.45) is 0 Å².